The molecule has 0 bridgehead atoms. The first-order valence-electron chi connectivity index (χ1n) is 5.06. The molecule has 0 amide bonds. The van der Waals surface area contributed by atoms with E-state index in [1.807, 2.05) is 0 Å². The molecule has 1 aromatic heterocycles. The number of carbonyl (C=O) groups is 1. The van der Waals surface area contributed by atoms with E-state index in [4.69, 9.17) is 9.84 Å². The number of pyridine rings is 1. The van der Waals surface area contributed by atoms with Gasteiger partial charge in [0.15, 0.2) is 0 Å². The van der Waals surface area contributed by atoms with Crippen molar-refractivity contribution in [3.05, 3.63) is 51.8 Å². The molecule has 1 aromatic rings. The highest BCUT2D eigenvalue weighted by Crippen LogP contribution is 2.21. The van der Waals surface area contributed by atoms with Gasteiger partial charge < -0.3 is 14.8 Å². The third-order valence-electron chi connectivity index (χ3n) is 2.55. The molecule has 1 aliphatic rings. The first kappa shape index (κ1) is 11.2. The van der Waals surface area contributed by atoms with Gasteiger partial charge in [-0.3, -0.25) is 4.79 Å². The van der Waals surface area contributed by atoms with Crippen molar-refractivity contribution in [3.63, 3.8) is 0 Å². The Balaban J connectivity index is 2.60. The van der Waals surface area contributed by atoms with Crippen LogP contribution in [0.2, 0.25) is 0 Å². The minimum Gasteiger partial charge on any atom is -0.477 e. The summed E-state index contributed by atoms with van der Waals surface area (Å²) >= 11 is 0. The van der Waals surface area contributed by atoms with Gasteiger partial charge >= 0.3 is 5.97 Å². The summed E-state index contributed by atoms with van der Waals surface area (Å²) < 4.78 is 5.00. The first-order valence-corrected chi connectivity index (χ1v) is 5.06. The van der Waals surface area contributed by atoms with Crippen LogP contribution in [0.25, 0.3) is 5.57 Å². The fourth-order valence-electron chi connectivity index (χ4n) is 1.73. The van der Waals surface area contributed by atoms with E-state index in [1.54, 1.807) is 13.0 Å². The molecular formula is C12H11NO4. The molecule has 2 N–H and O–H groups in total. The SMILES string of the molecule is Cc1[nH]cc(C(=O)O)c(=O)c1C1=COC=CC1. The van der Waals surface area contributed by atoms with E-state index < -0.39 is 11.4 Å². The van der Waals surface area contributed by atoms with Crippen molar-refractivity contribution in [1.29, 1.82) is 0 Å². The Morgan fingerprint density at radius 3 is 2.88 bits per heavy atom. The molecule has 17 heavy (non-hydrogen) atoms. The maximum Gasteiger partial charge on any atom is 0.341 e. The summed E-state index contributed by atoms with van der Waals surface area (Å²) in [5.74, 6) is -1.24. The molecule has 0 aromatic carbocycles. The second-order valence-corrected chi connectivity index (χ2v) is 3.69. The van der Waals surface area contributed by atoms with Gasteiger partial charge in [0, 0.05) is 23.0 Å². The summed E-state index contributed by atoms with van der Waals surface area (Å²) in [7, 11) is 0. The maximum atomic E-state index is 12.0. The van der Waals surface area contributed by atoms with E-state index in [-0.39, 0.29) is 5.56 Å². The van der Waals surface area contributed by atoms with Crippen LogP contribution < -0.4 is 5.43 Å². The predicted molar refractivity (Wildman–Crippen MR) is 61.6 cm³/mol. The fourth-order valence-corrected chi connectivity index (χ4v) is 1.73. The molecule has 0 unspecified atom stereocenters. The Morgan fingerprint density at radius 2 is 2.29 bits per heavy atom. The molecule has 5 nitrogen and oxygen atoms in total. The van der Waals surface area contributed by atoms with Gasteiger partial charge in [0.25, 0.3) is 0 Å². The Morgan fingerprint density at radius 1 is 1.53 bits per heavy atom. The van der Waals surface area contributed by atoms with Crippen LogP contribution in [-0.4, -0.2) is 16.1 Å². The van der Waals surface area contributed by atoms with E-state index in [9.17, 15) is 9.59 Å². The van der Waals surface area contributed by atoms with Gasteiger partial charge in [0.05, 0.1) is 12.5 Å². The fraction of sp³-hybridized carbons (Fsp3) is 0.167. The lowest BCUT2D eigenvalue weighted by Crippen LogP contribution is -2.20. The molecule has 0 saturated heterocycles. The van der Waals surface area contributed by atoms with Crippen molar-refractivity contribution in [2.75, 3.05) is 0 Å². The van der Waals surface area contributed by atoms with Crippen LogP contribution >= 0.6 is 0 Å². The molecule has 0 atom stereocenters. The average molecular weight is 233 g/mol. The number of nitrogens with one attached hydrogen (secondary N) is 1. The van der Waals surface area contributed by atoms with Gasteiger partial charge in [0.2, 0.25) is 5.43 Å². The molecule has 0 spiro atoms. The molecule has 1 aliphatic heterocycles. The number of H-pyrrole nitrogens is 1. The second-order valence-electron chi connectivity index (χ2n) is 3.69. The lowest BCUT2D eigenvalue weighted by Gasteiger charge is -2.11. The molecule has 0 radical (unpaired) electrons. The number of hydrogen-bond donors (Lipinski definition) is 2. The molecule has 5 heteroatoms. The van der Waals surface area contributed by atoms with Crippen molar-refractivity contribution < 1.29 is 14.6 Å². The average Bonchev–Trinajstić information content (AvgIpc) is 2.30. The molecule has 2 heterocycles. The summed E-state index contributed by atoms with van der Waals surface area (Å²) in [5.41, 5.74) is 0.925. The lowest BCUT2D eigenvalue weighted by molar-refractivity contribution is 0.0695. The number of hydrogen-bond acceptors (Lipinski definition) is 3. The van der Waals surface area contributed by atoms with Crippen molar-refractivity contribution in [2.45, 2.75) is 13.3 Å². The maximum absolute atomic E-state index is 12.0. The van der Waals surface area contributed by atoms with Crippen molar-refractivity contribution in [1.82, 2.24) is 4.98 Å². The zero-order chi connectivity index (χ0) is 12.4. The van der Waals surface area contributed by atoms with Gasteiger partial charge in [-0.05, 0) is 19.4 Å². The number of carboxylic acid groups (broad SMARTS) is 1. The number of carboxylic acids is 1. The van der Waals surface area contributed by atoms with Crippen molar-refractivity contribution in [2.24, 2.45) is 0 Å². The monoisotopic (exact) mass is 233 g/mol. The Hall–Kier alpha value is -2.30. The molecule has 0 saturated carbocycles. The highest BCUT2D eigenvalue weighted by Gasteiger charge is 2.17. The second kappa shape index (κ2) is 4.29. The Labute approximate surface area is 97.1 Å². The normalized spacial score (nSPS) is 14.1. The molecular weight excluding hydrogens is 222 g/mol. The van der Waals surface area contributed by atoms with Crippen LogP contribution in [0.4, 0.5) is 0 Å². The zero-order valence-electron chi connectivity index (χ0n) is 9.19. The predicted octanol–water partition coefficient (Wildman–Crippen LogP) is 1.66. The summed E-state index contributed by atoms with van der Waals surface area (Å²) in [5, 5.41) is 8.89. The van der Waals surface area contributed by atoms with E-state index in [0.29, 0.717) is 23.3 Å². The number of rotatable bonds is 2. The largest absolute Gasteiger partial charge is 0.477 e. The summed E-state index contributed by atoms with van der Waals surface area (Å²) in [6.07, 6.45) is 6.51. The third kappa shape index (κ3) is 1.99. The highest BCUT2D eigenvalue weighted by atomic mass is 16.5. The van der Waals surface area contributed by atoms with Crippen molar-refractivity contribution in [3.8, 4) is 0 Å². The minimum atomic E-state index is -1.24. The van der Waals surface area contributed by atoms with E-state index in [1.165, 1.54) is 18.7 Å². The summed E-state index contributed by atoms with van der Waals surface area (Å²) in [6, 6.07) is 0. The Kier molecular flexibility index (Phi) is 2.82. The Bertz CT molecular complexity index is 581. The van der Waals surface area contributed by atoms with Crippen molar-refractivity contribution >= 4 is 11.5 Å². The zero-order valence-corrected chi connectivity index (χ0v) is 9.19. The molecule has 2 rings (SSSR count). The van der Waals surface area contributed by atoms with Crippen LogP contribution in [0.1, 0.15) is 28.0 Å². The third-order valence-corrected chi connectivity index (χ3v) is 2.55. The van der Waals surface area contributed by atoms with E-state index in [0.717, 1.165) is 0 Å². The van der Waals surface area contributed by atoms with Crippen LogP contribution in [0.5, 0.6) is 0 Å². The lowest BCUT2D eigenvalue weighted by atomic mass is 10.00. The molecule has 0 fully saturated rings. The van der Waals surface area contributed by atoms with Gasteiger partial charge in [-0.25, -0.2) is 4.79 Å². The van der Waals surface area contributed by atoms with Gasteiger partial charge in [0.1, 0.15) is 5.56 Å². The van der Waals surface area contributed by atoms with Crippen LogP contribution in [0.3, 0.4) is 0 Å². The highest BCUT2D eigenvalue weighted by molar-refractivity contribution is 5.88. The molecule has 88 valence electrons. The van der Waals surface area contributed by atoms with Crippen LogP contribution in [-0.2, 0) is 4.74 Å². The van der Waals surface area contributed by atoms with Gasteiger partial charge in [-0.15, -0.1) is 0 Å². The number of aromatic amines is 1. The van der Waals surface area contributed by atoms with Crippen LogP contribution in [0, 0.1) is 6.92 Å². The van der Waals surface area contributed by atoms with E-state index >= 15 is 0 Å². The minimum absolute atomic E-state index is 0.263. The topological polar surface area (TPSA) is 79.4 Å². The van der Waals surface area contributed by atoms with Gasteiger partial charge in [-0.2, -0.15) is 0 Å². The number of allylic oxidation sites excluding steroid dienone is 2. The standard InChI is InChI=1S/C12H11NO4/c1-7-10(8-3-2-4-17-6-8)11(14)9(5-13-7)12(15)16/h2,4-6H,3H2,1H3,(H,13,14)(H,15,16). The summed E-state index contributed by atoms with van der Waals surface area (Å²) in [4.78, 5) is 25.7. The summed E-state index contributed by atoms with van der Waals surface area (Å²) in [6.45, 7) is 1.72. The number of aromatic carboxylic acids is 1. The quantitative estimate of drug-likeness (QED) is 0.814. The van der Waals surface area contributed by atoms with Crippen LogP contribution in [0.15, 0.2) is 29.6 Å². The number of aromatic nitrogens is 1. The van der Waals surface area contributed by atoms with E-state index in [2.05, 4.69) is 4.98 Å². The molecule has 0 aliphatic carbocycles. The number of ether oxygens (including phenoxy) is 1. The van der Waals surface area contributed by atoms with Gasteiger partial charge in [-0.1, -0.05) is 0 Å². The smallest absolute Gasteiger partial charge is 0.341 e. The first-order chi connectivity index (χ1) is 8.11. The number of aryl methyl sites for hydroxylation is 1.